The summed E-state index contributed by atoms with van der Waals surface area (Å²) in [6.07, 6.45) is 2.36. The number of anilines is 1. The molecule has 182 valence electrons. The van der Waals surface area contributed by atoms with E-state index in [2.05, 4.69) is 22.2 Å². The fraction of sp³-hybridized carbons (Fsp3) is 0.250. The van der Waals surface area contributed by atoms with Gasteiger partial charge in [0.2, 0.25) is 0 Å². The minimum Gasteiger partial charge on any atom is -0.385 e. The minimum atomic E-state index is -3.74. The first-order valence-electron chi connectivity index (χ1n) is 10.9. The number of ketones is 1. The quantitative estimate of drug-likeness (QED) is 0.345. The number of fused-ring (bicyclic) bond motifs is 1. The Labute approximate surface area is 211 Å². The lowest BCUT2D eigenvalue weighted by molar-refractivity contribution is -0.116. The monoisotopic (exact) mass is 530 g/mol. The van der Waals surface area contributed by atoms with Crippen molar-refractivity contribution in [3.05, 3.63) is 74.7 Å². The van der Waals surface area contributed by atoms with Crippen LogP contribution in [0.3, 0.4) is 0 Å². The number of carbonyl (C=O) groups excluding carboxylic acids is 1. The van der Waals surface area contributed by atoms with Gasteiger partial charge in [-0.25, -0.2) is 23.0 Å². The summed E-state index contributed by atoms with van der Waals surface area (Å²) in [4.78, 5) is 34.5. The second-order valence-corrected chi connectivity index (χ2v) is 11.9. The van der Waals surface area contributed by atoms with E-state index >= 15 is 0 Å². The van der Waals surface area contributed by atoms with E-state index in [4.69, 9.17) is 11.6 Å². The number of sulfone groups is 1. The van der Waals surface area contributed by atoms with Crippen molar-refractivity contribution in [1.29, 1.82) is 0 Å². The Balaban J connectivity index is 1.53. The van der Waals surface area contributed by atoms with Crippen LogP contribution in [0.5, 0.6) is 0 Å². The van der Waals surface area contributed by atoms with Crippen molar-refractivity contribution in [3.63, 3.8) is 0 Å². The number of hydrogen-bond donors (Lipinski definition) is 1. The van der Waals surface area contributed by atoms with Crippen molar-refractivity contribution in [1.82, 2.24) is 14.5 Å². The third-order valence-corrected chi connectivity index (χ3v) is 8.75. The van der Waals surface area contributed by atoms with E-state index in [0.717, 1.165) is 30.0 Å². The van der Waals surface area contributed by atoms with Gasteiger partial charge in [-0.3, -0.25) is 9.59 Å². The number of aryl methyl sites for hydroxylation is 1. The number of Topliss-reactive ketones (excluding diaryl/α,β-unsaturated/α-hetero) is 1. The molecule has 0 aliphatic heterocycles. The molecule has 35 heavy (non-hydrogen) atoms. The zero-order valence-corrected chi connectivity index (χ0v) is 21.5. The Morgan fingerprint density at radius 2 is 1.97 bits per heavy atom. The molecule has 4 aromatic rings. The third-order valence-electron chi connectivity index (χ3n) is 5.26. The summed E-state index contributed by atoms with van der Waals surface area (Å²) < 4.78 is 26.6. The Morgan fingerprint density at radius 1 is 1.17 bits per heavy atom. The van der Waals surface area contributed by atoms with Crippen molar-refractivity contribution in [3.8, 4) is 5.82 Å². The molecular weight excluding hydrogens is 508 g/mol. The van der Waals surface area contributed by atoms with Crippen LogP contribution in [0, 0.1) is 6.92 Å². The molecule has 11 heteroatoms. The predicted octanol–water partition coefficient (Wildman–Crippen LogP) is 4.21. The van der Waals surface area contributed by atoms with Gasteiger partial charge < -0.3 is 5.32 Å². The van der Waals surface area contributed by atoms with Gasteiger partial charge >= 0.3 is 0 Å². The van der Waals surface area contributed by atoms with Gasteiger partial charge in [0, 0.05) is 24.8 Å². The lowest BCUT2D eigenvalue weighted by atomic mass is 10.1. The average Bonchev–Trinajstić information content (AvgIpc) is 3.25. The summed E-state index contributed by atoms with van der Waals surface area (Å²) in [5.74, 6) is -0.231. The Kier molecular flexibility index (Phi) is 7.34. The highest BCUT2D eigenvalue weighted by Gasteiger charge is 2.21. The molecule has 0 atom stereocenters. The molecule has 0 amide bonds. The summed E-state index contributed by atoms with van der Waals surface area (Å²) in [5, 5.41) is 3.76. The highest BCUT2D eigenvalue weighted by molar-refractivity contribution is 7.94. The minimum absolute atomic E-state index is 0.0660. The number of thiophene rings is 1. The zero-order valence-electron chi connectivity index (χ0n) is 19.1. The molecule has 4 rings (SSSR count). The number of halogens is 1. The maximum atomic E-state index is 13.2. The molecule has 1 N–H and O–H groups in total. The van der Waals surface area contributed by atoms with Crippen LogP contribution in [-0.4, -0.2) is 41.0 Å². The maximum Gasteiger partial charge on any atom is 0.267 e. The largest absolute Gasteiger partial charge is 0.385 e. The summed E-state index contributed by atoms with van der Waals surface area (Å²) in [5.41, 5.74) is 1.80. The number of nitrogens with zero attached hydrogens (tertiary/aromatic N) is 3. The number of rotatable bonds is 9. The predicted molar refractivity (Wildman–Crippen MR) is 139 cm³/mol. The first kappa shape index (κ1) is 25.0. The van der Waals surface area contributed by atoms with Crippen molar-refractivity contribution >= 4 is 55.1 Å². The van der Waals surface area contributed by atoms with E-state index in [1.807, 2.05) is 12.1 Å². The van der Waals surface area contributed by atoms with Gasteiger partial charge in [-0.05, 0) is 55.3 Å². The van der Waals surface area contributed by atoms with Gasteiger partial charge in [0.1, 0.15) is 21.6 Å². The van der Waals surface area contributed by atoms with Crippen molar-refractivity contribution in [2.75, 3.05) is 17.6 Å². The highest BCUT2D eigenvalue weighted by atomic mass is 35.5. The molecule has 0 bridgehead atoms. The summed E-state index contributed by atoms with van der Waals surface area (Å²) in [6, 6.07) is 11.6. The summed E-state index contributed by atoms with van der Waals surface area (Å²) in [6.45, 7) is 4.63. The highest BCUT2D eigenvalue weighted by Crippen LogP contribution is 2.26. The van der Waals surface area contributed by atoms with Gasteiger partial charge in [-0.15, -0.1) is 11.3 Å². The van der Waals surface area contributed by atoms with E-state index in [1.165, 1.54) is 22.9 Å². The van der Waals surface area contributed by atoms with E-state index in [1.54, 1.807) is 25.1 Å². The lowest BCUT2D eigenvalue weighted by Crippen LogP contribution is -2.23. The van der Waals surface area contributed by atoms with E-state index in [0.29, 0.717) is 32.4 Å². The number of hydrogen-bond acceptors (Lipinski definition) is 8. The third kappa shape index (κ3) is 5.61. The second kappa shape index (κ2) is 10.3. The van der Waals surface area contributed by atoms with Crippen LogP contribution in [0.2, 0.25) is 4.34 Å². The van der Waals surface area contributed by atoms with Gasteiger partial charge in [0.25, 0.3) is 5.56 Å². The smallest absolute Gasteiger partial charge is 0.267 e. The van der Waals surface area contributed by atoms with Gasteiger partial charge in [0.05, 0.1) is 15.2 Å². The van der Waals surface area contributed by atoms with Crippen LogP contribution in [0.4, 0.5) is 5.69 Å². The molecule has 0 radical (unpaired) electrons. The molecule has 8 nitrogen and oxygen atoms in total. The molecule has 3 heterocycles. The molecule has 0 saturated heterocycles. The van der Waals surface area contributed by atoms with Gasteiger partial charge in [-0.1, -0.05) is 24.6 Å². The molecule has 1 aromatic carbocycles. The van der Waals surface area contributed by atoms with Gasteiger partial charge in [-0.2, -0.15) is 0 Å². The van der Waals surface area contributed by atoms with Crippen molar-refractivity contribution < 1.29 is 13.2 Å². The van der Waals surface area contributed by atoms with Gasteiger partial charge in [0.15, 0.2) is 15.6 Å². The van der Waals surface area contributed by atoms with E-state index in [-0.39, 0.29) is 16.2 Å². The zero-order chi connectivity index (χ0) is 25.2. The van der Waals surface area contributed by atoms with E-state index < -0.39 is 21.4 Å². The molecule has 0 aliphatic rings. The van der Waals surface area contributed by atoms with E-state index in [9.17, 15) is 18.0 Å². The number of nitrogens with one attached hydrogen (secondary N) is 1. The second-order valence-electron chi connectivity index (χ2n) is 8.02. The van der Waals surface area contributed by atoms with Crippen molar-refractivity contribution in [2.24, 2.45) is 0 Å². The summed E-state index contributed by atoms with van der Waals surface area (Å²) in [7, 11) is -3.74. The molecule has 0 spiro atoms. The number of pyridine rings is 1. The first-order valence-corrected chi connectivity index (χ1v) is 13.7. The summed E-state index contributed by atoms with van der Waals surface area (Å²) >= 11 is 6.73. The molecule has 3 aromatic heterocycles. The van der Waals surface area contributed by atoms with Crippen LogP contribution in [0.1, 0.15) is 24.7 Å². The lowest BCUT2D eigenvalue weighted by Gasteiger charge is -2.12. The number of aromatic nitrogens is 3. The molecule has 0 saturated carbocycles. The first-order chi connectivity index (χ1) is 16.7. The van der Waals surface area contributed by atoms with Crippen LogP contribution in [-0.2, 0) is 21.1 Å². The Hall–Kier alpha value is -3.08. The number of benzene rings is 1. The molecule has 0 fully saturated rings. The topological polar surface area (TPSA) is 111 Å². The Morgan fingerprint density at radius 3 is 2.63 bits per heavy atom. The average molecular weight is 531 g/mol. The standard InChI is InChI=1S/C24H23ClN4O4S2/c1-3-10-26-17-5-6-19-20(12-17)28-15(2)29(24(19)31)22-8-4-16(13-27-22)11-18(30)14-35(32,33)23-9-7-21(25)34-23/h4-9,12-13,26H,3,10-11,14H2,1-2H3. The molecule has 0 aliphatic carbocycles. The molecule has 0 unspecified atom stereocenters. The SMILES string of the molecule is CCCNc1ccc2c(=O)n(-c3ccc(CC(=O)CS(=O)(=O)c4ccc(Cl)s4)cn3)c(C)nc2c1. The Bertz CT molecular complexity index is 1560. The van der Waals surface area contributed by atoms with Crippen LogP contribution in [0.15, 0.2) is 57.7 Å². The van der Waals surface area contributed by atoms with Crippen molar-refractivity contribution in [2.45, 2.75) is 30.9 Å². The number of carbonyl (C=O) groups is 1. The van der Waals surface area contributed by atoms with Crippen LogP contribution < -0.4 is 10.9 Å². The van der Waals surface area contributed by atoms with Crippen LogP contribution in [0.25, 0.3) is 16.7 Å². The fourth-order valence-corrected chi connectivity index (χ4v) is 6.44. The maximum absolute atomic E-state index is 13.2. The fourth-order valence-electron chi connectivity index (χ4n) is 3.63. The normalized spacial score (nSPS) is 11.6. The van der Waals surface area contributed by atoms with Crippen LogP contribution >= 0.6 is 22.9 Å². The molecular formula is C24H23ClN4O4S2.